The van der Waals surface area contributed by atoms with Crippen molar-refractivity contribution in [3.05, 3.63) is 34.1 Å². The van der Waals surface area contributed by atoms with Crippen LogP contribution in [0.1, 0.15) is 5.56 Å². The van der Waals surface area contributed by atoms with Crippen molar-refractivity contribution in [2.24, 2.45) is 0 Å². The molecule has 0 atom stereocenters. The molecule has 1 rings (SSSR count). The SMILES string of the molecule is O=C(O)Cc1ccncc1[N+](=O)[O-]. The third-order valence-electron chi connectivity index (χ3n) is 1.43. The van der Waals surface area contributed by atoms with Gasteiger partial charge in [0.1, 0.15) is 6.20 Å². The molecule has 0 radical (unpaired) electrons. The minimum atomic E-state index is -1.10. The molecule has 6 heteroatoms. The van der Waals surface area contributed by atoms with Gasteiger partial charge in [0, 0.05) is 11.8 Å². The summed E-state index contributed by atoms with van der Waals surface area (Å²) in [5.74, 6) is -1.10. The molecule has 0 aromatic carbocycles. The molecule has 0 bridgehead atoms. The second-order valence-electron chi connectivity index (χ2n) is 2.33. The van der Waals surface area contributed by atoms with Crippen molar-refractivity contribution in [1.29, 1.82) is 0 Å². The zero-order chi connectivity index (χ0) is 9.84. The summed E-state index contributed by atoms with van der Waals surface area (Å²) in [6, 6.07) is 1.33. The van der Waals surface area contributed by atoms with Crippen LogP contribution in [0.2, 0.25) is 0 Å². The van der Waals surface area contributed by atoms with Crippen molar-refractivity contribution in [2.45, 2.75) is 6.42 Å². The number of carboxylic acids is 1. The number of rotatable bonds is 3. The maximum Gasteiger partial charge on any atom is 0.308 e. The van der Waals surface area contributed by atoms with Crippen LogP contribution in [0, 0.1) is 10.1 Å². The van der Waals surface area contributed by atoms with E-state index in [4.69, 9.17) is 5.11 Å². The Kier molecular flexibility index (Phi) is 2.53. The van der Waals surface area contributed by atoms with E-state index in [0.29, 0.717) is 0 Å². The summed E-state index contributed by atoms with van der Waals surface area (Å²) in [7, 11) is 0. The van der Waals surface area contributed by atoms with Gasteiger partial charge in [-0.25, -0.2) is 0 Å². The lowest BCUT2D eigenvalue weighted by Crippen LogP contribution is -2.03. The lowest BCUT2D eigenvalue weighted by atomic mass is 10.2. The number of nitro groups is 1. The first-order valence-electron chi connectivity index (χ1n) is 3.40. The van der Waals surface area contributed by atoms with E-state index in [1.807, 2.05) is 0 Å². The summed E-state index contributed by atoms with van der Waals surface area (Å²) < 4.78 is 0. The van der Waals surface area contributed by atoms with Gasteiger partial charge in [-0.3, -0.25) is 19.9 Å². The van der Waals surface area contributed by atoms with Crippen molar-refractivity contribution in [2.75, 3.05) is 0 Å². The zero-order valence-electron chi connectivity index (χ0n) is 6.51. The van der Waals surface area contributed by atoms with Crippen LogP contribution in [0.15, 0.2) is 18.5 Å². The summed E-state index contributed by atoms with van der Waals surface area (Å²) >= 11 is 0. The summed E-state index contributed by atoms with van der Waals surface area (Å²) in [6.45, 7) is 0. The first-order chi connectivity index (χ1) is 6.11. The average Bonchev–Trinajstić information content (AvgIpc) is 2.03. The maximum absolute atomic E-state index is 10.4. The molecule has 0 saturated heterocycles. The van der Waals surface area contributed by atoms with Gasteiger partial charge in [0.15, 0.2) is 0 Å². The summed E-state index contributed by atoms with van der Waals surface area (Å²) in [6.07, 6.45) is 2.00. The summed E-state index contributed by atoms with van der Waals surface area (Å²) in [5.41, 5.74) is -0.0996. The van der Waals surface area contributed by atoms with E-state index in [2.05, 4.69) is 4.98 Å². The number of aliphatic carboxylic acids is 1. The maximum atomic E-state index is 10.4. The predicted octanol–water partition coefficient (Wildman–Crippen LogP) is 0.617. The second kappa shape index (κ2) is 3.61. The van der Waals surface area contributed by atoms with E-state index < -0.39 is 10.9 Å². The molecule has 0 spiro atoms. The molecule has 0 aliphatic carbocycles. The second-order valence-corrected chi connectivity index (χ2v) is 2.33. The molecule has 6 nitrogen and oxygen atoms in total. The molecule has 0 fully saturated rings. The molecular weight excluding hydrogens is 176 g/mol. The van der Waals surface area contributed by atoms with Crippen LogP contribution >= 0.6 is 0 Å². The van der Waals surface area contributed by atoms with Crippen LogP contribution in [0.25, 0.3) is 0 Å². The average molecular weight is 182 g/mol. The monoisotopic (exact) mass is 182 g/mol. The lowest BCUT2D eigenvalue weighted by Gasteiger charge is -1.97. The van der Waals surface area contributed by atoms with Gasteiger partial charge >= 0.3 is 5.97 Å². The van der Waals surface area contributed by atoms with Gasteiger partial charge in [0.2, 0.25) is 0 Å². The minimum absolute atomic E-state index is 0.160. The van der Waals surface area contributed by atoms with Crippen molar-refractivity contribution in [3.63, 3.8) is 0 Å². The Balaban J connectivity index is 3.04. The van der Waals surface area contributed by atoms with E-state index in [1.165, 1.54) is 12.3 Å². The molecule has 0 amide bonds. The highest BCUT2D eigenvalue weighted by molar-refractivity contribution is 5.71. The highest BCUT2D eigenvalue weighted by Gasteiger charge is 2.15. The Morgan fingerprint density at radius 3 is 2.92 bits per heavy atom. The molecule has 0 saturated carbocycles. The van der Waals surface area contributed by atoms with Crippen molar-refractivity contribution in [3.8, 4) is 0 Å². The molecule has 13 heavy (non-hydrogen) atoms. The van der Waals surface area contributed by atoms with Crippen LogP contribution in [0.3, 0.4) is 0 Å². The van der Waals surface area contributed by atoms with Crippen molar-refractivity contribution < 1.29 is 14.8 Å². The molecule has 0 aliphatic heterocycles. The van der Waals surface area contributed by atoms with E-state index in [9.17, 15) is 14.9 Å². The van der Waals surface area contributed by atoms with Gasteiger partial charge in [-0.1, -0.05) is 0 Å². The van der Waals surface area contributed by atoms with E-state index >= 15 is 0 Å². The highest BCUT2D eigenvalue weighted by atomic mass is 16.6. The number of hydrogen-bond acceptors (Lipinski definition) is 4. The minimum Gasteiger partial charge on any atom is -0.481 e. The number of carboxylic acid groups (broad SMARTS) is 1. The van der Waals surface area contributed by atoms with E-state index in [1.54, 1.807) is 0 Å². The fourth-order valence-electron chi connectivity index (χ4n) is 0.892. The topological polar surface area (TPSA) is 93.3 Å². The van der Waals surface area contributed by atoms with Gasteiger partial charge in [0.25, 0.3) is 5.69 Å². The molecule has 1 N–H and O–H groups in total. The largest absolute Gasteiger partial charge is 0.481 e. The van der Waals surface area contributed by atoms with Crippen molar-refractivity contribution in [1.82, 2.24) is 4.98 Å². The lowest BCUT2D eigenvalue weighted by molar-refractivity contribution is -0.385. The molecule has 1 aromatic heterocycles. The number of carbonyl (C=O) groups is 1. The normalized spacial score (nSPS) is 9.54. The van der Waals surface area contributed by atoms with Gasteiger partial charge in [-0.05, 0) is 6.07 Å². The molecular formula is C7H6N2O4. The third kappa shape index (κ3) is 2.22. The van der Waals surface area contributed by atoms with E-state index in [0.717, 1.165) is 6.20 Å². The predicted molar refractivity (Wildman–Crippen MR) is 42.2 cm³/mol. The fraction of sp³-hybridized carbons (Fsp3) is 0.143. The standard InChI is InChI=1S/C7H6N2O4/c10-7(11)3-5-1-2-8-4-6(5)9(12)13/h1-2,4H,3H2,(H,10,11). The number of hydrogen-bond donors (Lipinski definition) is 1. The Hall–Kier alpha value is -1.98. The molecule has 1 aromatic rings. The molecule has 68 valence electrons. The smallest absolute Gasteiger partial charge is 0.308 e. The number of aromatic nitrogens is 1. The van der Waals surface area contributed by atoms with Gasteiger partial charge in [0.05, 0.1) is 11.3 Å². The Morgan fingerprint density at radius 1 is 1.69 bits per heavy atom. The van der Waals surface area contributed by atoms with Gasteiger partial charge in [-0.2, -0.15) is 0 Å². The summed E-state index contributed by atoms with van der Waals surface area (Å²) in [4.78, 5) is 23.6. The number of nitrogens with zero attached hydrogens (tertiary/aromatic N) is 2. The van der Waals surface area contributed by atoms with Crippen LogP contribution in [-0.2, 0) is 11.2 Å². The quantitative estimate of drug-likeness (QED) is 0.546. The van der Waals surface area contributed by atoms with Gasteiger partial charge < -0.3 is 5.11 Å². The Labute approximate surface area is 73.0 Å². The zero-order valence-corrected chi connectivity index (χ0v) is 6.51. The Bertz CT molecular complexity index is 350. The Morgan fingerprint density at radius 2 is 2.38 bits per heavy atom. The van der Waals surface area contributed by atoms with Crippen LogP contribution in [-0.4, -0.2) is 21.0 Å². The highest BCUT2D eigenvalue weighted by Crippen LogP contribution is 2.16. The van der Waals surface area contributed by atoms with Gasteiger partial charge in [-0.15, -0.1) is 0 Å². The molecule has 1 heterocycles. The molecule has 0 unspecified atom stereocenters. The van der Waals surface area contributed by atoms with E-state index in [-0.39, 0.29) is 17.7 Å². The summed E-state index contributed by atoms with van der Waals surface area (Å²) in [5, 5.41) is 18.8. The molecule has 0 aliphatic rings. The van der Waals surface area contributed by atoms with Crippen molar-refractivity contribution >= 4 is 11.7 Å². The third-order valence-corrected chi connectivity index (χ3v) is 1.43. The first-order valence-corrected chi connectivity index (χ1v) is 3.40. The van der Waals surface area contributed by atoms with Crippen LogP contribution in [0.4, 0.5) is 5.69 Å². The van der Waals surface area contributed by atoms with Crippen LogP contribution < -0.4 is 0 Å². The number of pyridine rings is 1. The van der Waals surface area contributed by atoms with Crippen LogP contribution in [0.5, 0.6) is 0 Å². The fourth-order valence-corrected chi connectivity index (χ4v) is 0.892. The first kappa shape index (κ1) is 9.11.